The molecule has 4 N–H and O–H groups in total. The molecule has 1 unspecified atom stereocenters. The summed E-state index contributed by atoms with van der Waals surface area (Å²) in [4.78, 5) is 12.3. The number of ether oxygens (including phenoxy) is 2. The van der Waals surface area contributed by atoms with Crippen molar-refractivity contribution in [3.63, 3.8) is 0 Å². The Hall–Kier alpha value is -1.34. The second-order valence-electron chi connectivity index (χ2n) is 5.67. The van der Waals surface area contributed by atoms with Crippen LogP contribution in [0.25, 0.3) is 0 Å². The summed E-state index contributed by atoms with van der Waals surface area (Å²) in [7, 11) is 0. The first-order valence-corrected chi connectivity index (χ1v) is 7.07. The van der Waals surface area contributed by atoms with E-state index in [0.29, 0.717) is 32.0 Å². The Morgan fingerprint density at radius 3 is 2.65 bits per heavy atom. The lowest BCUT2D eigenvalue weighted by Crippen LogP contribution is -2.61. The zero-order chi connectivity index (χ0) is 14.6. The maximum Gasteiger partial charge on any atom is 0.252 e. The van der Waals surface area contributed by atoms with Gasteiger partial charge in [-0.1, -0.05) is 12.1 Å². The van der Waals surface area contributed by atoms with Gasteiger partial charge in [0.05, 0.1) is 19.8 Å². The molecule has 0 spiro atoms. The van der Waals surface area contributed by atoms with Crippen molar-refractivity contribution in [3.8, 4) is 0 Å². The Kier molecular flexibility index (Phi) is 4.82. The van der Waals surface area contributed by atoms with E-state index in [1.165, 1.54) is 0 Å². The number of amidine groups is 1. The normalized spacial score (nSPS) is 35.5. The van der Waals surface area contributed by atoms with Gasteiger partial charge in [-0.3, -0.25) is 4.79 Å². The fraction of sp³-hybridized carbons (Fsp3) is 0.846. The van der Waals surface area contributed by atoms with E-state index in [9.17, 15) is 4.79 Å². The molecule has 0 bridgehead atoms. The molecule has 1 amide bonds. The highest BCUT2D eigenvalue weighted by atomic mass is 16.6. The lowest BCUT2D eigenvalue weighted by molar-refractivity contribution is -0.149. The van der Waals surface area contributed by atoms with Gasteiger partial charge in [-0.15, -0.1) is 0 Å². The third kappa shape index (κ3) is 3.21. The predicted molar refractivity (Wildman–Crippen MR) is 72.5 cm³/mol. The molecule has 2 fully saturated rings. The lowest BCUT2D eigenvalue weighted by Gasteiger charge is -2.40. The number of rotatable bonds is 3. The summed E-state index contributed by atoms with van der Waals surface area (Å²) >= 11 is 0. The summed E-state index contributed by atoms with van der Waals surface area (Å²) in [5.41, 5.74) is 5.05. The summed E-state index contributed by atoms with van der Waals surface area (Å²) in [6.07, 6.45) is 2.58. The molecule has 1 aliphatic heterocycles. The molecule has 0 aromatic heterocycles. The van der Waals surface area contributed by atoms with Gasteiger partial charge in [0, 0.05) is 0 Å². The van der Waals surface area contributed by atoms with Crippen molar-refractivity contribution in [2.45, 2.75) is 44.2 Å². The first kappa shape index (κ1) is 15.1. The van der Waals surface area contributed by atoms with E-state index in [-0.39, 0.29) is 18.3 Å². The van der Waals surface area contributed by atoms with Crippen LogP contribution in [-0.4, -0.2) is 48.4 Å². The quantitative estimate of drug-likeness (QED) is 0.297. The van der Waals surface area contributed by atoms with Crippen LogP contribution in [0.4, 0.5) is 0 Å². The number of nitrogens with one attached hydrogen (secondary N) is 1. The summed E-state index contributed by atoms with van der Waals surface area (Å²) in [6.45, 7) is 3.32. The van der Waals surface area contributed by atoms with Crippen LogP contribution in [0.2, 0.25) is 0 Å². The Morgan fingerprint density at radius 2 is 2.10 bits per heavy atom. The number of hydrogen-bond donors (Lipinski definition) is 3. The third-order valence-corrected chi connectivity index (χ3v) is 4.20. The van der Waals surface area contributed by atoms with Crippen molar-refractivity contribution in [3.05, 3.63) is 0 Å². The van der Waals surface area contributed by atoms with Crippen molar-refractivity contribution in [1.82, 2.24) is 5.32 Å². The smallest absolute Gasteiger partial charge is 0.252 e. The van der Waals surface area contributed by atoms with Crippen LogP contribution in [-0.2, 0) is 14.3 Å². The van der Waals surface area contributed by atoms with Gasteiger partial charge in [0.2, 0.25) is 0 Å². The number of nitrogens with two attached hydrogens (primary N) is 1. The molecule has 1 saturated heterocycles. The maximum absolute atomic E-state index is 12.3. The van der Waals surface area contributed by atoms with E-state index in [1.807, 2.05) is 0 Å². The summed E-state index contributed by atoms with van der Waals surface area (Å²) < 4.78 is 10.6. The van der Waals surface area contributed by atoms with Crippen LogP contribution < -0.4 is 11.1 Å². The largest absolute Gasteiger partial charge is 0.409 e. The van der Waals surface area contributed by atoms with Crippen LogP contribution in [0.3, 0.4) is 0 Å². The van der Waals surface area contributed by atoms with Crippen molar-refractivity contribution < 1.29 is 19.5 Å². The van der Waals surface area contributed by atoms with Crippen molar-refractivity contribution in [1.29, 1.82) is 0 Å². The number of carbonyl (C=O) groups excluding carboxylic acids is 1. The van der Waals surface area contributed by atoms with Crippen LogP contribution in [0.1, 0.15) is 32.6 Å². The van der Waals surface area contributed by atoms with Gasteiger partial charge in [-0.25, -0.2) is 0 Å². The van der Waals surface area contributed by atoms with E-state index < -0.39 is 11.6 Å². The molecule has 0 aromatic carbocycles. The topological polar surface area (TPSA) is 106 Å². The lowest BCUT2D eigenvalue weighted by atomic mass is 9.76. The predicted octanol–water partition coefficient (Wildman–Crippen LogP) is 0.213. The standard InChI is InChI=1S/C13H23N3O4/c1-9-2-4-13(5-3-9,12(14)16-18)15-11(17)10-8-19-6-7-20-10/h9-10,18H,2-8H2,1H3,(H2,14,16)(H,15,17). The van der Waals surface area contributed by atoms with E-state index in [4.69, 9.17) is 20.4 Å². The van der Waals surface area contributed by atoms with E-state index >= 15 is 0 Å². The molecule has 1 saturated carbocycles. The van der Waals surface area contributed by atoms with Crippen molar-refractivity contribution >= 4 is 11.7 Å². The number of nitrogens with zero attached hydrogens (tertiary/aromatic N) is 1. The average Bonchev–Trinajstić information content (AvgIpc) is 2.49. The fourth-order valence-corrected chi connectivity index (χ4v) is 2.75. The highest BCUT2D eigenvalue weighted by molar-refractivity contribution is 5.95. The SMILES string of the molecule is CC1CCC(NC(=O)C2COCCO2)(C(N)=NO)CC1. The summed E-state index contributed by atoms with van der Waals surface area (Å²) in [6, 6.07) is 0. The second kappa shape index (κ2) is 6.41. The Balaban J connectivity index is 2.06. The zero-order valence-corrected chi connectivity index (χ0v) is 11.8. The van der Waals surface area contributed by atoms with Crippen molar-refractivity contribution in [2.75, 3.05) is 19.8 Å². The highest BCUT2D eigenvalue weighted by Crippen LogP contribution is 2.32. The number of oxime groups is 1. The Morgan fingerprint density at radius 1 is 1.40 bits per heavy atom. The molecule has 114 valence electrons. The molecule has 0 radical (unpaired) electrons. The molecule has 7 nitrogen and oxygen atoms in total. The van der Waals surface area contributed by atoms with Crippen LogP contribution in [0.15, 0.2) is 5.16 Å². The Labute approximate surface area is 118 Å². The van der Waals surface area contributed by atoms with E-state index in [1.54, 1.807) is 0 Å². The molecule has 2 aliphatic rings. The molecule has 1 atom stereocenters. The van der Waals surface area contributed by atoms with Gasteiger partial charge in [0.1, 0.15) is 5.54 Å². The molecule has 0 aromatic rings. The Bertz CT molecular complexity index is 372. The van der Waals surface area contributed by atoms with Gasteiger partial charge < -0.3 is 25.7 Å². The van der Waals surface area contributed by atoms with Gasteiger partial charge in [0.25, 0.3) is 5.91 Å². The average molecular weight is 285 g/mol. The van der Waals surface area contributed by atoms with Gasteiger partial charge in [0.15, 0.2) is 11.9 Å². The van der Waals surface area contributed by atoms with E-state index in [2.05, 4.69) is 17.4 Å². The summed E-state index contributed by atoms with van der Waals surface area (Å²) in [5.74, 6) is 0.390. The number of carbonyl (C=O) groups is 1. The van der Waals surface area contributed by atoms with Crippen LogP contribution >= 0.6 is 0 Å². The van der Waals surface area contributed by atoms with Gasteiger partial charge >= 0.3 is 0 Å². The molecule has 1 aliphatic carbocycles. The molecular weight excluding hydrogens is 262 g/mol. The molecule has 1 heterocycles. The van der Waals surface area contributed by atoms with Crippen LogP contribution in [0.5, 0.6) is 0 Å². The number of hydrogen-bond acceptors (Lipinski definition) is 5. The third-order valence-electron chi connectivity index (χ3n) is 4.20. The first-order valence-electron chi connectivity index (χ1n) is 7.07. The van der Waals surface area contributed by atoms with Crippen molar-refractivity contribution in [2.24, 2.45) is 16.8 Å². The maximum atomic E-state index is 12.3. The number of amides is 1. The minimum atomic E-state index is -0.765. The molecule has 2 rings (SSSR count). The molecule has 7 heteroatoms. The van der Waals surface area contributed by atoms with Crippen LogP contribution in [0, 0.1) is 5.92 Å². The minimum Gasteiger partial charge on any atom is -0.409 e. The molecular formula is C13H23N3O4. The fourth-order valence-electron chi connectivity index (χ4n) is 2.75. The van der Waals surface area contributed by atoms with Gasteiger partial charge in [-0.2, -0.15) is 0 Å². The van der Waals surface area contributed by atoms with E-state index in [0.717, 1.165) is 12.8 Å². The minimum absolute atomic E-state index is 0.0643. The zero-order valence-electron chi connectivity index (χ0n) is 11.8. The monoisotopic (exact) mass is 285 g/mol. The highest BCUT2D eigenvalue weighted by Gasteiger charge is 2.41. The summed E-state index contributed by atoms with van der Waals surface area (Å²) in [5, 5.41) is 15.0. The molecule has 20 heavy (non-hydrogen) atoms. The first-order chi connectivity index (χ1) is 9.57. The van der Waals surface area contributed by atoms with Gasteiger partial charge in [-0.05, 0) is 31.6 Å². The second-order valence-corrected chi connectivity index (χ2v) is 5.67.